The average Bonchev–Trinajstić information content (AvgIpc) is 3.35. The number of guanidine groups is 1. The van der Waals surface area contributed by atoms with Gasteiger partial charge < -0.3 is 15.1 Å². The number of halogens is 1. The molecule has 1 aromatic heterocycles. The lowest BCUT2D eigenvalue weighted by atomic mass is 10.0. The number of nitrogens with one attached hydrogen (secondary N) is 1. The van der Waals surface area contributed by atoms with Gasteiger partial charge in [-0.15, -0.1) is 24.0 Å². The lowest BCUT2D eigenvalue weighted by Gasteiger charge is -2.36. The van der Waals surface area contributed by atoms with Crippen molar-refractivity contribution in [2.75, 3.05) is 57.3 Å². The number of aromatic nitrogens is 2. The van der Waals surface area contributed by atoms with Crippen LogP contribution in [-0.2, 0) is 0 Å². The molecule has 4 rings (SSSR count). The van der Waals surface area contributed by atoms with Crippen LogP contribution in [0.3, 0.4) is 0 Å². The third-order valence-electron chi connectivity index (χ3n) is 6.21. The third-order valence-corrected chi connectivity index (χ3v) is 6.21. The van der Waals surface area contributed by atoms with Crippen LogP contribution in [0.1, 0.15) is 36.9 Å². The van der Waals surface area contributed by atoms with Crippen molar-refractivity contribution in [3.63, 3.8) is 0 Å². The highest BCUT2D eigenvalue weighted by atomic mass is 127. The number of aryl methyl sites for hydroxylation is 1. The largest absolute Gasteiger partial charge is 0.357 e. The summed E-state index contributed by atoms with van der Waals surface area (Å²) < 4.78 is 0. The van der Waals surface area contributed by atoms with E-state index in [-0.39, 0.29) is 24.0 Å². The predicted molar refractivity (Wildman–Crippen MR) is 142 cm³/mol. The summed E-state index contributed by atoms with van der Waals surface area (Å²) >= 11 is 0. The van der Waals surface area contributed by atoms with Gasteiger partial charge in [-0.05, 0) is 51.4 Å². The van der Waals surface area contributed by atoms with Gasteiger partial charge in [-0.1, -0.05) is 29.8 Å². The van der Waals surface area contributed by atoms with Gasteiger partial charge >= 0.3 is 0 Å². The van der Waals surface area contributed by atoms with Gasteiger partial charge in [0.1, 0.15) is 0 Å². The van der Waals surface area contributed by atoms with E-state index in [2.05, 4.69) is 68.1 Å². The molecule has 2 aromatic rings. The van der Waals surface area contributed by atoms with E-state index in [0.29, 0.717) is 6.04 Å². The normalized spacial score (nSPS) is 18.4. The van der Waals surface area contributed by atoms with E-state index in [0.717, 1.165) is 51.2 Å². The molecule has 8 heteroatoms. The van der Waals surface area contributed by atoms with Gasteiger partial charge in [0.15, 0.2) is 5.96 Å². The summed E-state index contributed by atoms with van der Waals surface area (Å²) in [5.74, 6) is 1.84. The van der Waals surface area contributed by atoms with Gasteiger partial charge in [-0.3, -0.25) is 9.89 Å². The number of nitrogens with zero attached hydrogens (tertiary/aromatic N) is 6. The number of benzene rings is 1. The highest BCUT2D eigenvalue weighted by Crippen LogP contribution is 2.26. The Bertz CT molecular complexity index is 829. The van der Waals surface area contributed by atoms with Crippen LogP contribution in [0.4, 0.5) is 5.95 Å². The van der Waals surface area contributed by atoms with E-state index < -0.39 is 0 Å². The summed E-state index contributed by atoms with van der Waals surface area (Å²) in [5.41, 5.74) is 2.68. The van der Waals surface area contributed by atoms with Crippen molar-refractivity contribution in [3.05, 3.63) is 53.9 Å². The van der Waals surface area contributed by atoms with Gasteiger partial charge in [0, 0.05) is 45.1 Å². The summed E-state index contributed by atoms with van der Waals surface area (Å²) in [4.78, 5) is 21.1. The Morgan fingerprint density at radius 2 is 1.66 bits per heavy atom. The van der Waals surface area contributed by atoms with Gasteiger partial charge in [-0.25, -0.2) is 9.97 Å². The zero-order chi connectivity index (χ0) is 21.5. The number of piperazine rings is 1. The highest BCUT2D eigenvalue weighted by molar-refractivity contribution is 14.0. The summed E-state index contributed by atoms with van der Waals surface area (Å²) in [5, 5.41) is 3.52. The van der Waals surface area contributed by atoms with Crippen LogP contribution >= 0.6 is 24.0 Å². The molecule has 0 saturated carbocycles. The molecule has 0 amide bonds. The SMILES string of the molecule is CCNC(=NCC(c1ccc(C)cc1)N1CCCC1)N1CCN(c2ncccn2)CC1.I. The first kappa shape index (κ1) is 24.7. The number of rotatable bonds is 6. The molecule has 0 radical (unpaired) electrons. The summed E-state index contributed by atoms with van der Waals surface area (Å²) in [6.07, 6.45) is 6.19. The molecule has 2 fully saturated rings. The molecule has 0 aliphatic carbocycles. The molecular formula is C24H36IN7. The Hall–Kier alpha value is -1.94. The topological polar surface area (TPSA) is 59.9 Å². The second-order valence-electron chi connectivity index (χ2n) is 8.39. The summed E-state index contributed by atoms with van der Waals surface area (Å²) in [6, 6.07) is 11.2. The van der Waals surface area contributed by atoms with Crippen molar-refractivity contribution < 1.29 is 0 Å². The number of likely N-dealkylation sites (tertiary alicyclic amines) is 1. The minimum Gasteiger partial charge on any atom is -0.357 e. The molecule has 32 heavy (non-hydrogen) atoms. The summed E-state index contributed by atoms with van der Waals surface area (Å²) in [7, 11) is 0. The Balaban J connectivity index is 0.00000289. The zero-order valence-electron chi connectivity index (χ0n) is 19.3. The molecule has 3 heterocycles. The van der Waals surface area contributed by atoms with Crippen molar-refractivity contribution in [3.8, 4) is 0 Å². The van der Waals surface area contributed by atoms with E-state index in [9.17, 15) is 0 Å². The molecule has 2 saturated heterocycles. The van der Waals surface area contributed by atoms with Crippen LogP contribution in [0.2, 0.25) is 0 Å². The fourth-order valence-electron chi connectivity index (χ4n) is 4.45. The lowest BCUT2D eigenvalue weighted by molar-refractivity contribution is 0.250. The minimum atomic E-state index is 0. The number of anilines is 1. The highest BCUT2D eigenvalue weighted by Gasteiger charge is 2.25. The second-order valence-corrected chi connectivity index (χ2v) is 8.39. The van der Waals surface area contributed by atoms with Gasteiger partial charge in [-0.2, -0.15) is 0 Å². The van der Waals surface area contributed by atoms with Crippen LogP contribution in [0.5, 0.6) is 0 Å². The molecule has 2 aliphatic rings. The van der Waals surface area contributed by atoms with Crippen molar-refractivity contribution in [2.45, 2.75) is 32.7 Å². The smallest absolute Gasteiger partial charge is 0.225 e. The molecule has 174 valence electrons. The zero-order valence-corrected chi connectivity index (χ0v) is 21.6. The van der Waals surface area contributed by atoms with Gasteiger partial charge in [0.05, 0.1) is 12.6 Å². The molecule has 1 atom stereocenters. The van der Waals surface area contributed by atoms with Crippen LogP contribution < -0.4 is 10.2 Å². The van der Waals surface area contributed by atoms with E-state index in [4.69, 9.17) is 4.99 Å². The fourth-order valence-corrected chi connectivity index (χ4v) is 4.45. The van der Waals surface area contributed by atoms with Crippen molar-refractivity contribution in [1.82, 2.24) is 25.1 Å². The van der Waals surface area contributed by atoms with Crippen LogP contribution in [-0.4, -0.2) is 78.1 Å². The first-order valence-electron chi connectivity index (χ1n) is 11.6. The Labute approximate surface area is 209 Å². The van der Waals surface area contributed by atoms with E-state index in [1.54, 1.807) is 0 Å². The standard InChI is InChI=1S/C24H35N7.HI/c1-3-25-23(30-15-17-31(18-16-30)24-26-11-6-12-27-24)28-19-22(29-13-4-5-14-29)21-9-7-20(2)8-10-21;/h6-12,22H,3-5,13-19H2,1-2H3,(H,25,28);1H. The van der Waals surface area contributed by atoms with Crippen molar-refractivity contribution >= 4 is 35.9 Å². The molecule has 7 nitrogen and oxygen atoms in total. The van der Waals surface area contributed by atoms with Crippen LogP contribution in [0.25, 0.3) is 0 Å². The lowest BCUT2D eigenvalue weighted by Crippen LogP contribution is -2.53. The molecular weight excluding hydrogens is 513 g/mol. The first-order valence-corrected chi connectivity index (χ1v) is 11.6. The maximum atomic E-state index is 5.12. The van der Waals surface area contributed by atoms with E-state index in [1.165, 1.54) is 37.1 Å². The van der Waals surface area contributed by atoms with E-state index >= 15 is 0 Å². The van der Waals surface area contributed by atoms with E-state index in [1.807, 2.05) is 18.5 Å². The molecule has 1 N–H and O–H groups in total. The second kappa shape index (κ2) is 12.3. The van der Waals surface area contributed by atoms with Crippen molar-refractivity contribution in [2.24, 2.45) is 4.99 Å². The average molecular weight is 550 g/mol. The monoisotopic (exact) mass is 549 g/mol. The Morgan fingerprint density at radius 3 is 2.28 bits per heavy atom. The number of aliphatic imine (C=N–C) groups is 1. The molecule has 2 aliphatic heterocycles. The van der Waals surface area contributed by atoms with Gasteiger partial charge in [0.25, 0.3) is 0 Å². The molecule has 0 spiro atoms. The predicted octanol–water partition coefficient (Wildman–Crippen LogP) is 3.33. The quantitative estimate of drug-likeness (QED) is 0.339. The van der Waals surface area contributed by atoms with Crippen molar-refractivity contribution in [1.29, 1.82) is 0 Å². The minimum absolute atomic E-state index is 0. The maximum Gasteiger partial charge on any atom is 0.225 e. The molecule has 0 bridgehead atoms. The van der Waals surface area contributed by atoms with Crippen LogP contribution in [0, 0.1) is 6.92 Å². The summed E-state index contributed by atoms with van der Waals surface area (Å²) in [6.45, 7) is 11.9. The third kappa shape index (κ3) is 6.31. The molecule has 1 aromatic carbocycles. The molecule has 1 unspecified atom stereocenters. The maximum absolute atomic E-state index is 5.12. The number of hydrogen-bond acceptors (Lipinski definition) is 5. The first-order chi connectivity index (χ1) is 15.2. The van der Waals surface area contributed by atoms with Gasteiger partial charge in [0.2, 0.25) is 5.95 Å². The Kier molecular flexibility index (Phi) is 9.52. The Morgan fingerprint density at radius 1 is 1.00 bits per heavy atom. The van der Waals surface area contributed by atoms with Crippen LogP contribution in [0.15, 0.2) is 47.7 Å². The fraction of sp³-hybridized carbons (Fsp3) is 0.542. The number of hydrogen-bond donors (Lipinski definition) is 1.